The van der Waals surface area contributed by atoms with Gasteiger partial charge >= 0.3 is 35.6 Å². The molecule has 2 heterocycles. The number of hydrogen-bond donors (Lipinski definition) is 2. The molecule has 1 fully saturated rings. The van der Waals surface area contributed by atoms with E-state index in [1.54, 1.807) is 23.1 Å². The van der Waals surface area contributed by atoms with Crippen molar-refractivity contribution in [3.63, 3.8) is 0 Å². The van der Waals surface area contributed by atoms with Gasteiger partial charge in [-0.05, 0) is 60.9 Å². The molecule has 11 heteroatoms. The second kappa shape index (κ2) is 9.46. The van der Waals surface area contributed by atoms with Crippen LogP contribution in [-0.4, -0.2) is 65.9 Å². The standard InChI is InChI=1S/C22H23N5O4S.Na.H/c1-31-19-13-15(9-11-23-19)18-8-5-14-3-2-4-17(14)21(18)24-22(28)26-32(29,30)20-10-12-27(25-20)16-6-7-16;;/h5,8-13,16H,2-4,6-7H2,1H3,(H2,24,26,28);;. The number of rotatable bonds is 6. The summed E-state index contributed by atoms with van der Waals surface area (Å²) in [5.74, 6) is 0.451. The van der Waals surface area contributed by atoms with Crippen molar-refractivity contribution in [2.75, 3.05) is 12.4 Å². The molecule has 3 aromatic rings. The summed E-state index contributed by atoms with van der Waals surface area (Å²) >= 11 is 0. The molecule has 0 saturated heterocycles. The zero-order valence-electron chi connectivity index (χ0n) is 17.5. The maximum atomic E-state index is 12.8. The minimum absolute atomic E-state index is 0. The van der Waals surface area contributed by atoms with Gasteiger partial charge in [0.05, 0.1) is 18.8 Å². The predicted molar refractivity (Wildman–Crippen MR) is 125 cm³/mol. The Morgan fingerprint density at radius 3 is 2.76 bits per heavy atom. The third-order valence-electron chi connectivity index (χ3n) is 5.78. The molecule has 9 nitrogen and oxygen atoms in total. The van der Waals surface area contributed by atoms with Crippen LogP contribution in [0.2, 0.25) is 0 Å². The van der Waals surface area contributed by atoms with E-state index in [2.05, 4.69) is 26.2 Å². The molecule has 2 aromatic heterocycles. The van der Waals surface area contributed by atoms with E-state index in [4.69, 9.17) is 4.74 Å². The number of aryl methyl sites for hydroxylation is 1. The summed E-state index contributed by atoms with van der Waals surface area (Å²) in [6.45, 7) is 0. The molecule has 2 amide bonds. The summed E-state index contributed by atoms with van der Waals surface area (Å²) in [5.41, 5.74) is 4.36. The Labute approximate surface area is 214 Å². The number of hydrogen-bond acceptors (Lipinski definition) is 6. The Morgan fingerprint density at radius 2 is 2.00 bits per heavy atom. The van der Waals surface area contributed by atoms with Crippen LogP contribution in [0.1, 0.15) is 36.4 Å². The third-order valence-corrected chi connectivity index (χ3v) is 7.01. The zero-order chi connectivity index (χ0) is 22.3. The van der Waals surface area contributed by atoms with E-state index in [-0.39, 0.29) is 40.6 Å². The number of amides is 2. The van der Waals surface area contributed by atoms with Gasteiger partial charge in [0, 0.05) is 24.0 Å². The van der Waals surface area contributed by atoms with Crippen LogP contribution in [0, 0.1) is 0 Å². The molecule has 0 bridgehead atoms. The van der Waals surface area contributed by atoms with E-state index in [1.807, 2.05) is 12.1 Å². The molecular formula is C22H24N5NaO4S. The predicted octanol–water partition coefficient (Wildman–Crippen LogP) is 2.64. The number of methoxy groups -OCH3 is 1. The van der Waals surface area contributed by atoms with Gasteiger partial charge in [0.25, 0.3) is 10.0 Å². The van der Waals surface area contributed by atoms with Crippen LogP contribution in [0.4, 0.5) is 10.5 Å². The number of carbonyl (C=O) groups excluding carboxylic acids is 1. The second-order valence-electron chi connectivity index (χ2n) is 7.99. The van der Waals surface area contributed by atoms with Crippen molar-refractivity contribution < 1.29 is 17.9 Å². The van der Waals surface area contributed by atoms with Crippen LogP contribution in [0.3, 0.4) is 0 Å². The summed E-state index contributed by atoms with van der Waals surface area (Å²) in [5, 5.41) is 6.73. The number of aromatic nitrogens is 3. The van der Waals surface area contributed by atoms with Gasteiger partial charge in [-0.2, -0.15) is 13.5 Å². The normalized spacial score (nSPS) is 14.8. The molecule has 0 unspecified atom stereocenters. The van der Waals surface area contributed by atoms with Crippen molar-refractivity contribution in [1.29, 1.82) is 0 Å². The summed E-state index contributed by atoms with van der Waals surface area (Å²) in [6, 6.07) is 8.41. The van der Waals surface area contributed by atoms with Gasteiger partial charge in [-0.3, -0.25) is 4.68 Å². The molecule has 2 N–H and O–H groups in total. The molecule has 0 atom stereocenters. The van der Waals surface area contributed by atoms with Gasteiger partial charge in [0.1, 0.15) is 0 Å². The van der Waals surface area contributed by atoms with E-state index >= 15 is 0 Å². The van der Waals surface area contributed by atoms with Crippen molar-refractivity contribution in [1.82, 2.24) is 19.5 Å². The number of nitrogens with one attached hydrogen (secondary N) is 2. The zero-order valence-corrected chi connectivity index (χ0v) is 18.4. The fraction of sp³-hybridized carbons (Fsp3) is 0.318. The molecule has 0 spiro atoms. The van der Waals surface area contributed by atoms with Gasteiger partial charge in [0.15, 0.2) is 5.03 Å². The summed E-state index contributed by atoms with van der Waals surface area (Å²) in [4.78, 5) is 16.9. The molecule has 0 radical (unpaired) electrons. The molecule has 1 aromatic carbocycles. The number of benzene rings is 1. The van der Waals surface area contributed by atoms with Crippen molar-refractivity contribution in [2.24, 2.45) is 0 Å². The number of carbonyl (C=O) groups is 1. The second-order valence-corrected chi connectivity index (χ2v) is 9.62. The van der Waals surface area contributed by atoms with Gasteiger partial charge in [-0.15, -0.1) is 0 Å². The number of urea groups is 1. The molecule has 168 valence electrons. The average Bonchev–Trinajstić information content (AvgIpc) is 3.29. The molecule has 2 aliphatic rings. The van der Waals surface area contributed by atoms with Crippen LogP contribution in [0.5, 0.6) is 5.88 Å². The third kappa shape index (κ3) is 4.93. The monoisotopic (exact) mass is 477 g/mol. The quantitative estimate of drug-likeness (QED) is 0.528. The Kier molecular flexibility index (Phi) is 6.81. The minimum atomic E-state index is -4.09. The van der Waals surface area contributed by atoms with Crippen LogP contribution in [0.25, 0.3) is 11.1 Å². The van der Waals surface area contributed by atoms with Gasteiger partial charge < -0.3 is 10.1 Å². The molecule has 1 saturated carbocycles. The van der Waals surface area contributed by atoms with Crippen molar-refractivity contribution >= 4 is 51.3 Å². The van der Waals surface area contributed by atoms with Gasteiger partial charge in [-0.1, -0.05) is 12.1 Å². The number of sulfonamides is 1. The topological polar surface area (TPSA) is 115 Å². The Morgan fingerprint density at radius 1 is 1.18 bits per heavy atom. The fourth-order valence-corrected chi connectivity index (χ4v) is 4.90. The molecule has 0 aliphatic heterocycles. The van der Waals surface area contributed by atoms with Crippen molar-refractivity contribution in [2.45, 2.75) is 43.2 Å². The van der Waals surface area contributed by atoms with E-state index in [9.17, 15) is 13.2 Å². The van der Waals surface area contributed by atoms with Crippen LogP contribution < -0.4 is 14.8 Å². The number of nitrogens with zero attached hydrogens (tertiary/aromatic N) is 3. The molecule has 2 aliphatic carbocycles. The van der Waals surface area contributed by atoms with Crippen molar-refractivity contribution in [3.05, 3.63) is 53.9 Å². The number of ether oxygens (including phenoxy) is 1. The van der Waals surface area contributed by atoms with E-state index < -0.39 is 16.1 Å². The number of anilines is 1. The van der Waals surface area contributed by atoms with Crippen LogP contribution in [0.15, 0.2) is 47.8 Å². The van der Waals surface area contributed by atoms with Crippen molar-refractivity contribution in [3.8, 4) is 17.0 Å². The number of pyridine rings is 1. The van der Waals surface area contributed by atoms with Gasteiger partial charge in [-0.25, -0.2) is 14.5 Å². The Hall–Kier alpha value is -2.40. The van der Waals surface area contributed by atoms with E-state index in [0.29, 0.717) is 11.6 Å². The average molecular weight is 478 g/mol. The van der Waals surface area contributed by atoms with E-state index in [1.165, 1.54) is 13.2 Å². The first-order valence-corrected chi connectivity index (χ1v) is 12.0. The first kappa shape index (κ1) is 23.7. The fourth-order valence-electron chi connectivity index (χ4n) is 4.06. The Balaban J connectivity index is 0.00000259. The molecular weight excluding hydrogens is 453 g/mol. The van der Waals surface area contributed by atoms with E-state index in [0.717, 1.165) is 54.4 Å². The van der Waals surface area contributed by atoms with Gasteiger partial charge in [0.2, 0.25) is 5.88 Å². The summed E-state index contributed by atoms with van der Waals surface area (Å²) in [7, 11) is -2.55. The SMILES string of the molecule is COc1cc(-c2ccc3c(c2NC(=O)NS(=O)(=O)c2ccn(C4CC4)n2)CCC3)ccn1.[NaH]. The molecule has 33 heavy (non-hydrogen) atoms. The summed E-state index contributed by atoms with van der Waals surface area (Å²) in [6.07, 6.45) is 7.93. The maximum absolute atomic E-state index is 12.8. The number of fused-ring (bicyclic) bond motifs is 1. The molecule has 5 rings (SSSR count). The van der Waals surface area contributed by atoms with Crippen LogP contribution >= 0.6 is 0 Å². The Bertz CT molecular complexity index is 1300. The van der Waals surface area contributed by atoms with Crippen LogP contribution in [-0.2, 0) is 22.9 Å². The first-order valence-electron chi connectivity index (χ1n) is 10.5. The first-order chi connectivity index (χ1) is 15.4. The summed E-state index contributed by atoms with van der Waals surface area (Å²) < 4.78 is 34.3.